The second kappa shape index (κ2) is 3.33. The van der Waals surface area contributed by atoms with Gasteiger partial charge in [-0.15, -0.1) is 0 Å². The quantitative estimate of drug-likeness (QED) is 0.766. The van der Waals surface area contributed by atoms with Crippen molar-refractivity contribution in [3.63, 3.8) is 0 Å². The van der Waals surface area contributed by atoms with E-state index >= 15 is 0 Å². The van der Waals surface area contributed by atoms with Crippen LogP contribution in [-0.2, 0) is 5.41 Å². The smallest absolute Gasteiger partial charge is 0.250 e. The SMILES string of the molecule is CC(C)(C)c1nccc2[nH]cc(C(N)=O)c12. The molecule has 4 nitrogen and oxygen atoms in total. The first-order chi connectivity index (χ1) is 7.41. The molecule has 0 spiro atoms. The molecule has 2 aromatic heterocycles. The maximum absolute atomic E-state index is 11.3. The monoisotopic (exact) mass is 217 g/mol. The van der Waals surface area contributed by atoms with Crippen molar-refractivity contribution in [2.24, 2.45) is 5.73 Å². The summed E-state index contributed by atoms with van der Waals surface area (Å²) in [4.78, 5) is 18.7. The Bertz CT molecular complexity index is 549. The molecule has 2 aromatic rings. The zero-order valence-corrected chi connectivity index (χ0v) is 9.66. The highest BCUT2D eigenvalue weighted by molar-refractivity contribution is 6.07. The number of nitrogens with two attached hydrogens (primary N) is 1. The summed E-state index contributed by atoms with van der Waals surface area (Å²) in [6.45, 7) is 6.19. The highest BCUT2D eigenvalue weighted by Crippen LogP contribution is 2.29. The van der Waals surface area contributed by atoms with Gasteiger partial charge in [0.05, 0.1) is 11.3 Å². The lowest BCUT2D eigenvalue weighted by Gasteiger charge is -2.19. The van der Waals surface area contributed by atoms with Crippen LogP contribution in [0, 0.1) is 0 Å². The molecule has 0 aliphatic carbocycles. The molecule has 3 N–H and O–H groups in total. The van der Waals surface area contributed by atoms with E-state index in [0.717, 1.165) is 16.6 Å². The van der Waals surface area contributed by atoms with Gasteiger partial charge in [-0.25, -0.2) is 0 Å². The number of amides is 1. The van der Waals surface area contributed by atoms with Gasteiger partial charge in [-0.1, -0.05) is 20.8 Å². The van der Waals surface area contributed by atoms with E-state index in [1.165, 1.54) is 0 Å². The van der Waals surface area contributed by atoms with Crippen molar-refractivity contribution >= 4 is 16.8 Å². The van der Waals surface area contributed by atoms with Gasteiger partial charge < -0.3 is 10.7 Å². The predicted octanol–water partition coefficient (Wildman–Crippen LogP) is 1.96. The molecule has 0 aromatic carbocycles. The number of hydrogen-bond acceptors (Lipinski definition) is 2. The van der Waals surface area contributed by atoms with Crippen LogP contribution in [-0.4, -0.2) is 15.9 Å². The van der Waals surface area contributed by atoms with Crippen LogP contribution >= 0.6 is 0 Å². The van der Waals surface area contributed by atoms with Crippen molar-refractivity contribution in [2.75, 3.05) is 0 Å². The Balaban J connectivity index is 2.84. The minimum atomic E-state index is -0.426. The van der Waals surface area contributed by atoms with Crippen LogP contribution in [0.3, 0.4) is 0 Å². The zero-order chi connectivity index (χ0) is 11.9. The Kier molecular flexibility index (Phi) is 2.22. The second-order valence-corrected chi connectivity index (χ2v) is 4.90. The van der Waals surface area contributed by atoms with Crippen LogP contribution < -0.4 is 5.73 Å². The van der Waals surface area contributed by atoms with Gasteiger partial charge in [0.1, 0.15) is 0 Å². The number of nitrogens with zero attached hydrogens (tertiary/aromatic N) is 1. The van der Waals surface area contributed by atoms with E-state index in [1.54, 1.807) is 12.4 Å². The topological polar surface area (TPSA) is 71.8 Å². The van der Waals surface area contributed by atoms with Crippen molar-refractivity contribution in [1.29, 1.82) is 0 Å². The first kappa shape index (κ1) is 10.7. The van der Waals surface area contributed by atoms with E-state index in [2.05, 4.69) is 30.7 Å². The number of nitrogens with one attached hydrogen (secondary N) is 1. The number of hydrogen-bond donors (Lipinski definition) is 2. The number of fused-ring (bicyclic) bond motifs is 1. The second-order valence-electron chi connectivity index (χ2n) is 4.90. The molecule has 1 amide bonds. The molecule has 0 aliphatic rings. The Labute approximate surface area is 93.9 Å². The molecule has 0 unspecified atom stereocenters. The van der Waals surface area contributed by atoms with Crippen molar-refractivity contribution in [3.8, 4) is 0 Å². The lowest BCUT2D eigenvalue weighted by atomic mass is 9.88. The number of carbonyl (C=O) groups excluding carboxylic acids is 1. The molecule has 2 heterocycles. The Hall–Kier alpha value is -1.84. The molecule has 0 aliphatic heterocycles. The van der Waals surface area contributed by atoms with Crippen LogP contribution in [0.25, 0.3) is 10.9 Å². The minimum Gasteiger partial charge on any atom is -0.366 e. The summed E-state index contributed by atoms with van der Waals surface area (Å²) in [5.74, 6) is -0.426. The number of primary amides is 1. The fourth-order valence-electron chi connectivity index (χ4n) is 1.84. The number of aromatic amines is 1. The molecule has 0 saturated heterocycles. The van der Waals surface area contributed by atoms with Gasteiger partial charge in [0.25, 0.3) is 5.91 Å². The third-order valence-corrected chi connectivity index (χ3v) is 2.57. The van der Waals surface area contributed by atoms with Crippen LogP contribution in [0.4, 0.5) is 0 Å². The Morgan fingerprint density at radius 2 is 2.12 bits per heavy atom. The minimum absolute atomic E-state index is 0.119. The van der Waals surface area contributed by atoms with E-state index in [1.807, 2.05) is 6.07 Å². The molecule has 0 saturated carbocycles. The van der Waals surface area contributed by atoms with Gasteiger partial charge in [0.2, 0.25) is 0 Å². The van der Waals surface area contributed by atoms with E-state index in [9.17, 15) is 4.79 Å². The largest absolute Gasteiger partial charge is 0.366 e. The summed E-state index contributed by atoms with van der Waals surface area (Å²) in [7, 11) is 0. The summed E-state index contributed by atoms with van der Waals surface area (Å²) in [6.07, 6.45) is 3.38. The molecule has 0 radical (unpaired) electrons. The van der Waals surface area contributed by atoms with Crippen LogP contribution in [0.15, 0.2) is 18.5 Å². The average molecular weight is 217 g/mol. The molecule has 0 bridgehead atoms. The number of H-pyrrole nitrogens is 1. The maximum Gasteiger partial charge on any atom is 0.250 e. The highest BCUT2D eigenvalue weighted by Gasteiger charge is 2.22. The molecule has 0 fully saturated rings. The molecule has 4 heteroatoms. The van der Waals surface area contributed by atoms with E-state index in [-0.39, 0.29) is 5.41 Å². The average Bonchev–Trinajstić information content (AvgIpc) is 2.58. The Morgan fingerprint density at radius 3 is 2.69 bits per heavy atom. The Morgan fingerprint density at radius 1 is 1.44 bits per heavy atom. The van der Waals surface area contributed by atoms with Crippen LogP contribution in [0.2, 0.25) is 0 Å². The van der Waals surface area contributed by atoms with Crippen molar-refractivity contribution in [2.45, 2.75) is 26.2 Å². The summed E-state index contributed by atoms with van der Waals surface area (Å²) in [5, 5.41) is 0.836. The summed E-state index contributed by atoms with van der Waals surface area (Å²) in [5.41, 5.74) is 7.52. The molecular formula is C12H15N3O. The fourth-order valence-corrected chi connectivity index (χ4v) is 1.84. The summed E-state index contributed by atoms with van der Waals surface area (Å²) < 4.78 is 0. The number of carbonyl (C=O) groups is 1. The first-order valence-corrected chi connectivity index (χ1v) is 5.17. The van der Waals surface area contributed by atoms with Crippen LogP contribution in [0.5, 0.6) is 0 Å². The number of rotatable bonds is 1. The number of pyridine rings is 1. The normalized spacial score (nSPS) is 11.9. The van der Waals surface area contributed by atoms with Gasteiger partial charge in [-0.3, -0.25) is 9.78 Å². The molecular weight excluding hydrogens is 202 g/mol. The standard InChI is InChI=1S/C12H15N3O/c1-12(2,3)10-9-7(11(13)16)6-15-8(9)4-5-14-10/h4-6,15H,1-3H3,(H2,13,16). The van der Waals surface area contributed by atoms with Gasteiger partial charge in [-0.05, 0) is 6.07 Å². The third-order valence-electron chi connectivity index (χ3n) is 2.57. The van der Waals surface area contributed by atoms with E-state index in [0.29, 0.717) is 5.56 Å². The van der Waals surface area contributed by atoms with E-state index < -0.39 is 5.91 Å². The summed E-state index contributed by atoms with van der Waals surface area (Å²) in [6, 6.07) is 1.84. The van der Waals surface area contributed by atoms with Crippen molar-refractivity contribution in [3.05, 3.63) is 29.7 Å². The lowest BCUT2D eigenvalue weighted by molar-refractivity contribution is 0.100. The van der Waals surface area contributed by atoms with Gasteiger partial charge >= 0.3 is 0 Å². The van der Waals surface area contributed by atoms with Crippen molar-refractivity contribution in [1.82, 2.24) is 9.97 Å². The van der Waals surface area contributed by atoms with E-state index in [4.69, 9.17) is 5.73 Å². The molecule has 16 heavy (non-hydrogen) atoms. The lowest BCUT2D eigenvalue weighted by Crippen LogP contribution is -2.16. The summed E-state index contributed by atoms with van der Waals surface area (Å²) >= 11 is 0. The van der Waals surface area contributed by atoms with Crippen molar-refractivity contribution < 1.29 is 4.79 Å². The van der Waals surface area contributed by atoms with Gasteiger partial charge in [-0.2, -0.15) is 0 Å². The molecule has 0 atom stereocenters. The van der Waals surface area contributed by atoms with Crippen LogP contribution in [0.1, 0.15) is 36.8 Å². The molecule has 84 valence electrons. The third kappa shape index (κ3) is 1.56. The number of aromatic nitrogens is 2. The molecule has 2 rings (SSSR count). The fraction of sp³-hybridized carbons (Fsp3) is 0.333. The predicted molar refractivity (Wildman–Crippen MR) is 63.3 cm³/mol. The van der Waals surface area contributed by atoms with Gasteiger partial charge in [0.15, 0.2) is 0 Å². The maximum atomic E-state index is 11.3. The highest BCUT2D eigenvalue weighted by atomic mass is 16.1. The first-order valence-electron chi connectivity index (χ1n) is 5.17. The van der Waals surface area contributed by atoms with Gasteiger partial charge in [0, 0.05) is 28.7 Å². The zero-order valence-electron chi connectivity index (χ0n) is 9.66.